The number of ether oxygens (including phenoxy) is 3. The highest BCUT2D eigenvalue weighted by molar-refractivity contribution is 6.32. The fourth-order valence-corrected chi connectivity index (χ4v) is 2.81. The van der Waals surface area contributed by atoms with Crippen LogP contribution in [0.25, 0.3) is 11.1 Å². The first-order valence-corrected chi connectivity index (χ1v) is 8.65. The van der Waals surface area contributed by atoms with E-state index in [-0.39, 0.29) is 28.0 Å². The van der Waals surface area contributed by atoms with Crippen LogP contribution in [0.2, 0.25) is 5.02 Å². The number of nitrogens with zero attached hydrogens (tertiary/aromatic N) is 1. The van der Waals surface area contributed by atoms with Gasteiger partial charge in [0.1, 0.15) is 17.2 Å². The summed E-state index contributed by atoms with van der Waals surface area (Å²) in [6, 6.07) is 10.8. The summed E-state index contributed by atoms with van der Waals surface area (Å²) in [5.41, 5.74) is 0.808. The molecule has 3 rings (SSSR count). The zero-order chi connectivity index (χ0) is 21.9. The van der Waals surface area contributed by atoms with E-state index in [0.29, 0.717) is 11.1 Å². The molecular weight excluding hydrogens is 427 g/mol. The number of aromatic nitrogens is 1. The van der Waals surface area contributed by atoms with Gasteiger partial charge < -0.3 is 19.3 Å². The molecular formula is C20H13ClF3NO5. The van der Waals surface area contributed by atoms with Gasteiger partial charge in [-0.1, -0.05) is 11.6 Å². The van der Waals surface area contributed by atoms with Crippen LogP contribution in [0.15, 0.2) is 54.7 Å². The molecule has 30 heavy (non-hydrogen) atoms. The zero-order valence-corrected chi connectivity index (χ0v) is 16.0. The average Bonchev–Trinajstić information content (AvgIpc) is 2.69. The molecule has 0 fully saturated rings. The molecule has 0 aliphatic rings. The van der Waals surface area contributed by atoms with Crippen LogP contribution in [-0.2, 0) is 0 Å². The summed E-state index contributed by atoms with van der Waals surface area (Å²) in [6.45, 7) is 0. The lowest BCUT2D eigenvalue weighted by molar-refractivity contribution is -0.274. The minimum atomic E-state index is -4.89. The number of rotatable bonds is 6. The van der Waals surface area contributed by atoms with Crippen LogP contribution < -0.4 is 14.2 Å². The van der Waals surface area contributed by atoms with Crippen molar-refractivity contribution >= 4 is 17.6 Å². The van der Waals surface area contributed by atoms with Gasteiger partial charge in [-0.15, -0.1) is 13.2 Å². The third-order valence-corrected chi connectivity index (χ3v) is 4.13. The Hall–Kier alpha value is -3.46. The van der Waals surface area contributed by atoms with Crippen LogP contribution in [0, 0.1) is 0 Å². The first kappa shape index (κ1) is 21.3. The molecule has 1 N–H and O–H groups in total. The van der Waals surface area contributed by atoms with Crippen molar-refractivity contribution in [2.45, 2.75) is 6.36 Å². The molecule has 0 amide bonds. The number of benzene rings is 2. The van der Waals surface area contributed by atoms with Crippen molar-refractivity contribution in [3.8, 4) is 34.3 Å². The minimum absolute atomic E-state index is 0.00443. The Morgan fingerprint density at radius 1 is 1.07 bits per heavy atom. The molecule has 0 saturated heterocycles. The Bertz CT molecular complexity index is 1090. The van der Waals surface area contributed by atoms with Crippen LogP contribution in [0.4, 0.5) is 13.2 Å². The van der Waals surface area contributed by atoms with E-state index in [4.69, 9.17) is 21.1 Å². The lowest BCUT2D eigenvalue weighted by Gasteiger charge is -2.15. The molecule has 0 aliphatic carbocycles. The highest BCUT2D eigenvalue weighted by Crippen LogP contribution is 2.40. The van der Waals surface area contributed by atoms with Crippen molar-refractivity contribution in [1.29, 1.82) is 0 Å². The maximum atomic E-state index is 12.4. The van der Waals surface area contributed by atoms with E-state index >= 15 is 0 Å². The van der Waals surface area contributed by atoms with E-state index < -0.39 is 18.1 Å². The normalized spacial score (nSPS) is 11.1. The van der Waals surface area contributed by atoms with Gasteiger partial charge in [-0.05, 0) is 42.5 Å². The molecule has 0 aliphatic heterocycles. The molecule has 6 nitrogen and oxygen atoms in total. The maximum Gasteiger partial charge on any atom is 0.573 e. The summed E-state index contributed by atoms with van der Waals surface area (Å²) in [6.07, 6.45) is -3.38. The number of aromatic carboxylic acids is 1. The molecule has 0 radical (unpaired) electrons. The Labute approximate surface area is 173 Å². The van der Waals surface area contributed by atoms with Gasteiger partial charge in [-0.2, -0.15) is 0 Å². The molecule has 0 saturated carbocycles. The lowest BCUT2D eigenvalue weighted by Crippen LogP contribution is -2.17. The summed E-state index contributed by atoms with van der Waals surface area (Å²) >= 11 is 5.86. The first-order chi connectivity index (χ1) is 14.2. The van der Waals surface area contributed by atoms with E-state index in [0.717, 1.165) is 12.1 Å². The molecule has 0 atom stereocenters. The SMILES string of the molecule is COc1ncccc1-c1cc(C(=O)O)ccc1Oc1ccc(OC(F)(F)F)c(Cl)c1. The number of hydrogen-bond acceptors (Lipinski definition) is 5. The average molecular weight is 440 g/mol. The van der Waals surface area contributed by atoms with Gasteiger partial charge in [0, 0.05) is 23.4 Å². The number of carboxylic acid groups (broad SMARTS) is 1. The van der Waals surface area contributed by atoms with Crippen LogP contribution in [-0.4, -0.2) is 29.5 Å². The summed E-state index contributed by atoms with van der Waals surface area (Å²) in [7, 11) is 1.41. The van der Waals surface area contributed by atoms with Gasteiger partial charge in [0.15, 0.2) is 0 Å². The number of carbonyl (C=O) groups is 1. The van der Waals surface area contributed by atoms with Crippen molar-refractivity contribution < 1.29 is 37.3 Å². The number of methoxy groups -OCH3 is 1. The summed E-state index contributed by atoms with van der Waals surface area (Å²) in [4.78, 5) is 15.5. The van der Waals surface area contributed by atoms with Crippen molar-refractivity contribution in [2.24, 2.45) is 0 Å². The number of carboxylic acids is 1. The fraction of sp³-hybridized carbons (Fsp3) is 0.100. The molecule has 0 spiro atoms. The molecule has 1 heterocycles. The molecule has 0 bridgehead atoms. The first-order valence-electron chi connectivity index (χ1n) is 8.28. The second kappa shape index (κ2) is 8.50. The van der Waals surface area contributed by atoms with Crippen molar-refractivity contribution in [3.05, 3.63) is 65.3 Å². The summed E-state index contributed by atoms with van der Waals surface area (Å²) in [5.74, 6) is -1.17. The standard InChI is InChI=1S/C20H13ClF3NO5/c1-28-18-13(3-2-8-25-18)14-9-11(19(26)27)4-6-16(14)29-12-5-7-17(15(21)10-12)30-20(22,23)24/h2-10H,1H3,(H,26,27). The van der Waals surface area contributed by atoms with Crippen LogP contribution >= 0.6 is 11.6 Å². The number of hydrogen-bond donors (Lipinski definition) is 1. The second-order valence-electron chi connectivity index (χ2n) is 5.82. The van der Waals surface area contributed by atoms with Gasteiger partial charge in [0.2, 0.25) is 5.88 Å². The van der Waals surface area contributed by atoms with E-state index in [2.05, 4.69) is 9.72 Å². The second-order valence-corrected chi connectivity index (χ2v) is 6.23. The van der Waals surface area contributed by atoms with Crippen molar-refractivity contribution in [3.63, 3.8) is 0 Å². The zero-order valence-electron chi connectivity index (χ0n) is 15.2. The summed E-state index contributed by atoms with van der Waals surface area (Å²) < 4.78 is 52.0. The fourth-order valence-electron chi connectivity index (χ4n) is 2.60. The van der Waals surface area contributed by atoms with Gasteiger partial charge in [0.05, 0.1) is 17.7 Å². The van der Waals surface area contributed by atoms with Crippen LogP contribution in [0.1, 0.15) is 10.4 Å². The van der Waals surface area contributed by atoms with E-state index in [1.165, 1.54) is 37.6 Å². The lowest BCUT2D eigenvalue weighted by atomic mass is 10.0. The van der Waals surface area contributed by atoms with E-state index in [1.54, 1.807) is 12.1 Å². The van der Waals surface area contributed by atoms with E-state index in [9.17, 15) is 23.1 Å². The number of alkyl halides is 3. The quantitative estimate of drug-likeness (QED) is 0.523. The maximum absolute atomic E-state index is 12.4. The Balaban J connectivity index is 2.02. The monoisotopic (exact) mass is 439 g/mol. The molecule has 1 aromatic heterocycles. The van der Waals surface area contributed by atoms with Crippen LogP contribution in [0.5, 0.6) is 23.1 Å². The number of halogens is 4. The smallest absolute Gasteiger partial charge is 0.481 e. The van der Waals surface area contributed by atoms with Gasteiger partial charge >= 0.3 is 12.3 Å². The Morgan fingerprint density at radius 3 is 2.43 bits per heavy atom. The Morgan fingerprint density at radius 2 is 1.80 bits per heavy atom. The Kier molecular flexibility index (Phi) is 6.02. The molecule has 2 aromatic carbocycles. The topological polar surface area (TPSA) is 77.9 Å². The highest BCUT2D eigenvalue weighted by atomic mass is 35.5. The predicted molar refractivity (Wildman–Crippen MR) is 101 cm³/mol. The number of pyridine rings is 1. The summed E-state index contributed by atoms with van der Waals surface area (Å²) in [5, 5.41) is 9.00. The van der Waals surface area contributed by atoms with Crippen LogP contribution in [0.3, 0.4) is 0 Å². The predicted octanol–water partition coefficient (Wildman–Crippen LogP) is 5.80. The molecule has 0 unspecified atom stereocenters. The van der Waals surface area contributed by atoms with Gasteiger partial charge in [-0.3, -0.25) is 0 Å². The van der Waals surface area contributed by atoms with Gasteiger partial charge in [-0.25, -0.2) is 9.78 Å². The minimum Gasteiger partial charge on any atom is -0.481 e. The third kappa shape index (κ3) is 4.93. The van der Waals surface area contributed by atoms with E-state index in [1.807, 2.05) is 0 Å². The van der Waals surface area contributed by atoms with Gasteiger partial charge in [0.25, 0.3) is 0 Å². The largest absolute Gasteiger partial charge is 0.573 e. The third-order valence-electron chi connectivity index (χ3n) is 3.84. The molecule has 10 heteroatoms. The highest BCUT2D eigenvalue weighted by Gasteiger charge is 2.32. The van der Waals surface area contributed by atoms with Crippen molar-refractivity contribution in [1.82, 2.24) is 4.98 Å². The van der Waals surface area contributed by atoms with Crippen molar-refractivity contribution in [2.75, 3.05) is 7.11 Å². The molecule has 3 aromatic rings. The molecule has 156 valence electrons.